The summed E-state index contributed by atoms with van der Waals surface area (Å²) in [4.78, 5) is 14.1. The smallest absolute Gasteiger partial charge is 0.248 e. The lowest BCUT2D eigenvalue weighted by atomic mass is 9.99. The molecule has 1 aliphatic heterocycles. The van der Waals surface area contributed by atoms with Gasteiger partial charge >= 0.3 is 0 Å². The normalized spacial score (nSPS) is 20.1. The van der Waals surface area contributed by atoms with Crippen LogP contribution in [0.1, 0.15) is 25.7 Å². The van der Waals surface area contributed by atoms with Crippen LogP contribution in [0.15, 0.2) is 0 Å². The van der Waals surface area contributed by atoms with Crippen molar-refractivity contribution >= 4 is 5.91 Å². The molecule has 1 rings (SSSR count). The zero-order chi connectivity index (χ0) is 13.2. The molecule has 0 aromatic carbocycles. The van der Waals surface area contributed by atoms with Crippen molar-refractivity contribution in [1.82, 2.24) is 10.2 Å². The van der Waals surface area contributed by atoms with E-state index in [9.17, 15) is 4.79 Å². The van der Waals surface area contributed by atoms with Crippen LogP contribution < -0.4 is 5.32 Å². The first-order valence-corrected chi connectivity index (χ1v) is 6.80. The number of hydrogen-bond acceptors (Lipinski definition) is 4. The number of ether oxygens (including phenoxy) is 2. The van der Waals surface area contributed by atoms with Gasteiger partial charge in [0.25, 0.3) is 0 Å². The molecule has 0 saturated carbocycles. The standard InChI is InChI=1S/C13H26N2O3/c1-14-7-6-12-5-3-4-8-15(12)13(16)11-18-10-9-17-2/h12,14H,3-11H2,1-2H3. The molecule has 5 nitrogen and oxygen atoms in total. The molecule has 1 saturated heterocycles. The van der Waals surface area contributed by atoms with Gasteiger partial charge in [0.05, 0.1) is 13.2 Å². The fraction of sp³-hybridized carbons (Fsp3) is 0.923. The van der Waals surface area contributed by atoms with Gasteiger partial charge in [0.2, 0.25) is 5.91 Å². The predicted molar refractivity (Wildman–Crippen MR) is 70.6 cm³/mol. The van der Waals surface area contributed by atoms with Gasteiger partial charge in [0, 0.05) is 19.7 Å². The van der Waals surface area contributed by atoms with Crippen molar-refractivity contribution in [2.45, 2.75) is 31.7 Å². The highest BCUT2D eigenvalue weighted by molar-refractivity contribution is 5.77. The van der Waals surface area contributed by atoms with Crippen LogP contribution >= 0.6 is 0 Å². The molecule has 0 spiro atoms. The van der Waals surface area contributed by atoms with Crippen LogP contribution in [0.5, 0.6) is 0 Å². The number of likely N-dealkylation sites (tertiary alicyclic amines) is 1. The SMILES string of the molecule is CNCCC1CCCCN1C(=O)COCCOC. The van der Waals surface area contributed by atoms with E-state index in [1.165, 1.54) is 6.42 Å². The molecule has 0 radical (unpaired) electrons. The molecule has 1 amide bonds. The first-order valence-electron chi connectivity index (χ1n) is 6.80. The Morgan fingerprint density at radius 3 is 2.94 bits per heavy atom. The summed E-state index contributed by atoms with van der Waals surface area (Å²) in [5.41, 5.74) is 0. The second-order valence-electron chi connectivity index (χ2n) is 4.67. The molecule has 0 bridgehead atoms. The van der Waals surface area contributed by atoms with Gasteiger partial charge < -0.3 is 19.7 Å². The van der Waals surface area contributed by atoms with E-state index in [4.69, 9.17) is 9.47 Å². The van der Waals surface area contributed by atoms with Gasteiger partial charge in [0.15, 0.2) is 0 Å². The van der Waals surface area contributed by atoms with Crippen molar-refractivity contribution in [2.75, 3.05) is 47.1 Å². The minimum atomic E-state index is 0.118. The van der Waals surface area contributed by atoms with E-state index in [0.717, 1.165) is 32.4 Å². The van der Waals surface area contributed by atoms with Crippen molar-refractivity contribution in [3.05, 3.63) is 0 Å². The van der Waals surface area contributed by atoms with Crippen LogP contribution in [0.3, 0.4) is 0 Å². The van der Waals surface area contributed by atoms with Crippen LogP contribution in [0.2, 0.25) is 0 Å². The molecule has 0 aliphatic carbocycles. The zero-order valence-corrected chi connectivity index (χ0v) is 11.6. The summed E-state index contributed by atoms with van der Waals surface area (Å²) in [5.74, 6) is 0.118. The quantitative estimate of drug-likeness (QED) is 0.649. The minimum absolute atomic E-state index is 0.118. The van der Waals surface area contributed by atoms with Crippen molar-refractivity contribution in [1.29, 1.82) is 0 Å². The number of methoxy groups -OCH3 is 1. The Kier molecular flexibility index (Phi) is 7.96. The third-order valence-corrected chi connectivity index (χ3v) is 3.33. The van der Waals surface area contributed by atoms with E-state index >= 15 is 0 Å². The summed E-state index contributed by atoms with van der Waals surface area (Å²) < 4.78 is 10.2. The van der Waals surface area contributed by atoms with E-state index in [0.29, 0.717) is 19.3 Å². The van der Waals surface area contributed by atoms with Gasteiger partial charge in [0.1, 0.15) is 6.61 Å². The lowest BCUT2D eigenvalue weighted by molar-refractivity contribution is -0.140. The number of rotatable bonds is 8. The van der Waals surface area contributed by atoms with Crippen molar-refractivity contribution in [2.24, 2.45) is 0 Å². The molecule has 106 valence electrons. The fourth-order valence-corrected chi connectivity index (χ4v) is 2.32. The maximum absolute atomic E-state index is 12.1. The second-order valence-corrected chi connectivity index (χ2v) is 4.67. The number of carbonyl (C=O) groups is 1. The molecular formula is C13H26N2O3. The van der Waals surface area contributed by atoms with Crippen LogP contribution in [0.4, 0.5) is 0 Å². The highest BCUT2D eigenvalue weighted by Crippen LogP contribution is 2.19. The number of amides is 1. The molecular weight excluding hydrogens is 232 g/mol. The van der Waals surface area contributed by atoms with Crippen LogP contribution in [-0.2, 0) is 14.3 Å². The molecule has 1 fully saturated rings. The summed E-state index contributed by atoms with van der Waals surface area (Å²) in [7, 11) is 3.58. The molecule has 1 heterocycles. The van der Waals surface area contributed by atoms with E-state index in [1.807, 2.05) is 11.9 Å². The van der Waals surface area contributed by atoms with Crippen molar-refractivity contribution < 1.29 is 14.3 Å². The first kappa shape index (κ1) is 15.4. The van der Waals surface area contributed by atoms with E-state index < -0.39 is 0 Å². The van der Waals surface area contributed by atoms with E-state index in [2.05, 4.69) is 5.32 Å². The van der Waals surface area contributed by atoms with Crippen LogP contribution in [0, 0.1) is 0 Å². The highest BCUT2D eigenvalue weighted by Gasteiger charge is 2.25. The Labute approximate surface area is 110 Å². The molecule has 18 heavy (non-hydrogen) atoms. The average molecular weight is 258 g/mol. The number of nitrogens with zero attached hydrogens (tertiary/aromatic N) is 1. The number of piperidine rings is 1. The number of hydrogen-bond donors (Lipinski definition) is 1. The second kappa shape index (κ2) is 9.30. The number of nitrogens with one attached hydrogen (secondary N) is 1. The molecule has 5 heteroatoms. The highest BCUT2D eigenvalue weighted by atomic mass is 16.5. The lowest BCUT2D eigenvalue weighted by Crippen LogP contribution is -2.46. The summed E-state index contributed by atoms with van der Waals surface area (Å²) in [6.45, 7) is 3.03. The Morgan fingerprint density at radius 1 is 1.39 bits per heavy atom. The van der Waals surface area contributed by atoms with Crippen LogP contribution in [0.25, 0.3) is 0 Å². The zero-order valence-electron chi connectivity index (χ0n) is 11.6. The van der Waals surface area contributed by atoms with Crippen molar-refractivity contribution in [3.63, 3.8) is 0 Å². The molecule has 1 atom stereocenters. The predicted octanol–water partition coefficient (Wildman–Crippen LogP) is 0.640. The fourth-order valence-electron chi connectivity index (χ4n) is 2.32. The van der Waals surface area contributed by atoms with Gasteiger partial charge in [-0.25, -0.2) is 0 Å². The summed E-state index contributed by atoms with van der Waals surface area (Å²) in [6, 6.07) is 0.379. The third-order valence-electron chi connectivity index (χ3n) is 3.33. The minimum Gasteiger partial charge on any atom is -0.382 e. The van der Waals surface area contributed by atoms with Gasteiger partial charge in [-0.05, 0) is 39.3 Å². The summed E-state index contributed by atoms with van der Waals surface area (Å²) in [6.07, 6.45) is 4.48. The van der Waals surface area contributed by atoms with Gasteiger partial charge in [-0.2, -0.15) is 0 Å². The Morgan fingerprint density at radius 2 is 2.22 bits per heavy atom. The lowest BCUT2D eigenvalue weighted by Gasteiger charge is -2.35. The Hall–Kier alpha value is -0.650. The van der Waals surface area contributed by atoms with Crippen LogP contribution in [-0.4, -0.2) is 63.9 Å². The van der Waals surface area contributed by atoms with E-state index in [1.54, 1.807) is 7.11 Å². The maximum Gasteiger partial charge on any atom is 0.248 e. The third kappa shape index (κ3) is 5.33. The largest absolute Gasteiger partial charge is 0.382 e. The van der Waals surface area contributed by atoms with Gasteiger partial charge in [-0.3, -0.25) is 4.79 Å². The monoisotopic (exact) mass is 258 g/mol. The van der Waals surface area contributed by atoms with Gasteiger partial charge in [-0.1, -0.05) is 0 Å². The summed E-state index contributed by atoms with van der Waals surface area (Å²) in [5, 5.41) is 3.15. The van der Waals surface area contributed by atoms with E-state index in [-0.39, 0.29) is 12.5 Å². The summed E-state index contributed by atoms with van der Waals surface area (Å²) >= 11 is 0. The molecule has 1 N–H and O–H groups in total. The maximum atomic E-state index is 12.1. The first-order chi connectivity index (χ1) is 8.79. The topological polar surface area (TPSA) is 50.8 Å². The average Bonchev–Trinajstić information content (AvgIpc) is 2.41. The number of carbonyl (C=O) groups excluding carboxylic acids is 1. The molecule has 0 aromatic rings. The molecule has 1 unspecified atom stereocenters. The Bertz CT molecular complexity index is 236. The molecule has 0 aromatic heterocycles. The molecule has 1 aliphatic rings. The Balaban J connectivity index is 2.32. The van der Waals surface area contributed by atoms with Gasteiger partial charge in [-0.15, -0.1) is 0 Å². The van der Waals surface area contributed by atoms with Crippen molar-refractivity contribution in [3.8, 4) is 0 Å².